The van der Waals surface area contributed by atoms with Gasteiger partial charge < -0.3 is 10.3 Å². The highest BCUT2D eigenvalue weighted by Crippen LogP contribution is 2.17. The van der Waals surface area contributed by atoms with Crippen LogP contribution in [0.3, 0.4) is 0 Å². The highest BCUT2D eigenvalue weighted by Gasteiger charge is 2.02. The van der Waals surface area contributed by atoms with E-state index in [-0.39, 0.29) is 0 Å². The van der Waals surface area contributed by atoms with Gasteiger partial charge in [0.15, 0.2) is 0 Å². The number of nitrogens with one attached hydrogen (secondary N) is 2. The molecule has 2 heterocycles. The van der Waals surface area contributed by atoms with Crippen LogP contribution in [-0.4, -0.2) is 16.5 Å². The zero-order valence-electron chi connectivity index (χ0n) is 10.9. The third kappa shape index (κ3) is 2.85. The molecule has 0 unspecified atom stereocenters. The van der Waals surface area contributed by atoms with Crippen molar-refractivity contribution in [1.82, 2.24) is 15.3 Å². The molecule has 2 aromatic heterocycles. The lowest BCUT2D eigenvalue weighted by Gasteiger charge is -2.02. The molecule has 1 aromatic carbocycles. The Morgan fingerprint density at radius 2 is 2.21 bits per heavy atom. The van der Waals surface area contributed by atoms with E-state index >= 15 is 0 Å². The normalized spacial score (nSPS) is 11.2. The van der Waals surface area contributed by atoms with Crippen molar-refractivity contribution in [1.29, 1.82) is 0 Å². The molecule has 3 nitrogen and oxygen atoms in total. The molecule has 19 heavy (non-hydrogen) atoms. The van der Waals surface area contributed by atoms with Crippen LogP contribution in [0.25, 0.3) is 10.9 Å². The largest absolute Gasteiger partial charge is 0.361 e. The number of H-pyrrole nitrogens is 1. The van der Waals surface area contributed by atoms with Crippen LogP contribution in [0.5, 0.6) is 0 Å². The van der Waals surface area contributed by atoms with Crippen molar-refractivity contribution < 1.29 is 0 Å². The van der Waals surface area contributed by atoms with Crippen molar-refractivity contribution in [2.75, 3.05) is 6.54 Å². The van der Waals surface area contributed by atoms with E-state index in [0.29, 0.717) is 0 Å². The minimum Gasteiger partial charge on any atom is -0.361 e. The van der Waals surface area contributed by atoms with E-state index in [9.17, 15) is 0 Å². The maximum Gasteiger partial charge on any atom is 0.107 e. The molecule has 3 rings (SSSR count). The van der Waals surface area contributed by atoms with E-state index in [1.54, 1.807) is 11.3 Å². The summed E-state index contributed by atoms with van der Waals surface area (Å²) in [4.78, 5) is 7.76. The summed E-state index contributed by atoms with van der Waals surface area (Å²) in [5.41, 5.74) is 3.70. The summed E-state index contributed by atoms with van der Waals surface area (Å²) in [6.45, 7) is 3.87. The van der Waals surface area contributed by atoms with E-state index in [4.69, 9.17) is 0 Å². The van der Waals surface area contributed by atoms with Gasteiger partial charge in [-0.2, -0.15) is 0 Å². The molecule has 0 aliphatic carbocycles. The molecule has 0 bridgehead atoms. The maximum absolute atomic E-state index is 4.45. The number of thiazole rings is 1. The van der Waals surface area contributed by atoms with Crippen molar-refractivity contribution in [3.63, 3.8) is 0 Å². The average molecular weight is 271 g/mol. The second-order valence-electron chi connectivity index (χ2n) is 4.67. The smallest absolute Gasteiger partial charge is 0.107 e. The van der Waals surface area contributed by atoms with Crippen molar-refractivity contribution in [3.05, 3.63) is 52.1 Å². The second-order valence-corrected chi connectivity index (χ2v) is 5.61. The van der Waals surface area contributed by atoms with Crippen LogP contribution in [0, 0.1) is 6.92 Å². The lowest BCUT2D eigenvalue weighted by atomic mass is 10.1. The first kappa shape index (κ1) is 12.4. The van der Waals surface area contributed by atoms with E-state index in [2.05, 4.69) is 51.1 Å². The number of nitrogens with zero attached hydrogens (tertiary/aromatic N) is 1. The number of fused-ring (bicyclic) bond motifs is 1. The number of aryl methyl sites for hydroxylation is 1. The Morgan fingerprint density at radius 3 is 3.05 bits per heavy atom. The van der Waals surface area contributed by atoms with Gasteiger partial charge in [-0.3, -0.25) is 0 Å². The molecule has 98 valence electrons. The molecule has 2 N–H and O–H groups in total. The molecule has 0 radical (unpaired) electrons. The molecule has 0 fully saturated rings. The SMILES string of the molecule is Cc1csc(CNCCc2c[nH]c3ccccc23)n1. The third-order valence-corrected chi connectivity index (χ3v) is 4.16. The minimum atomic E-state index is 0.862. The van der Waals surface area contributed by atoms with Gasteiger partial charge in [-0.15, -0.1) is 11.3 Å². The first-order chi connectivity index (χ1) is 9.33. The molecular weight excluding hydrogens is 254 g/mol. The summed E-state index contributed by atoms with van der Waals surface area (Å²) >= 11 is 1.72. The lowest BCUT2D eigenvalue weighted by molar-refractivity contribution is 0.684. The van der Waals surface area contributed by atoms with Crippen molar-refractivity contribution in [2.45, 2.75) is 19.9 Å². The van der Waals surface area contributed by atoms with E-state index in [1.807, 2.05) is 6.92 Å². The molecule has 0 aliphatic rings. The first-order valence-corrected chi connectivity index (χ1v) is 7.37. The predicted molar refractivity (Wildman–Crippen MR) is 80.6 cm³/mol. The van der Waals surface area contributed by atoms with Gasteiger partial charge in [0.25, 0.3) is 0 Å². The fourth-order valence-corrected chi connectivity index (χ4v) is 2.98. The summed E-state index contributed by atoms with van der Waals surface area (Å²) < 4.78 is 0. The minimum absolute atomic E-state index is 0.862. The number of hydrogen-bond donors (Lipinski definition) is 2. The van der Waals surface area contributed by atoms with Crippen LogP contribution >= 0.6 is 11.3 Å². The van der Waals surface area contributed by atoms with Crippen LogP contribution in [0.1, 0.15) is 16.3 Å². The molecule has 4 heteroatoms. The Hall–Kier alpha value is -1.65. The lowest BCUT2D eigenvalue weighted by Crippen LogP contribution is -2.16. The average Bonchev–Trinajstić information content (AvgIpc) is 3.02. The standard InChI is InChI=1S/C15H17N3S/c1-11-10-19-15(18-11)9-16-7-6-12-8-17-14-5-3-2-4-13(12)14/h2-5,8,10,16-17H,6-7,9H2,1H3. The number of rotatable bonds is 5. The number of benzene rings is 1. The van der Waals surface area contributed by atoms with Crippen LogP contribution in [0.15, 0.2) is 35.8 Å². The molecule has 0 amide bonds. The van der Waals surface area contributed by atoms with Crippen LogP contribution in [-0.2, 0) is 13.0 Å². The second kappa shape index (κ2) is 5.55. The Labute approximate surface area is 116 Å². The Balaban J connectivity index is 1.55. The maximum atomic E-state index is 4.45. The molecule has 0 saturated carbocycles. The third-order valence-electron chi connectivity index (χ3n) is 3.19. The molecule has 3 aromatic rings. The van der Waals surface area contributed by atoms with Gasteiger partial charge in [-0.25, -0.2) is 4.98 Å². The molecule has 0 aliphatic heterocycles. The van der Waals surface area contributed by atoms with E-state index in [0.717, 1.165) is 30.2 Å². The van der Waals surface area contributed by atoms with Gasteiger partial charge in [-0.1, -0.05) is 18.2 Å². The first-order valence-electron chi connectivity index (χ1n) is 6.49. The Kier molecular flexibility index (Phi) is 3.62. The van der Waals surface area contributed by atoms with Crippen molar-refractivity contribution in [2.24, 2.45) is 0 Å². The summed E-state index contributed by atoms with van der Waals surface area (Å²) in [6, 6.07) is 8.44. The fourth-order valence-electron chi connectivity index (χ4n) is 2.24. The predicted octanol–water partition coefficient (Wildman–Crippen LogP) is 3.27. The Morgan fingerprint density at radius 1 is 1.32 bits per heavy atom. The van der Waals surface area contributed by atoms with Gasteiger partial charge >= 0.3 is 0 Å². The quantitative estimate of drug-likeness (QED) is 0.699. The van der Waals surface area contributed by atoms with Gasteiger partial charge in [0.05, 0.1) is 0 Å². The summed E-state index contributed by atoms with van der Waals surface area (Å²) in [5, 5.41) is 8.04. The summed E-state index contributed by atoms with van der Waals surface area (Å²) in [7, 11) is 0. The zero-order valence-corrected chi connectivity index (χ0v) is 11.8. The molecule has 0 spiro atoms. The van der Waals surface area contributed by atoms with Crippen LogP contribution < -0.4 is 5.32 Å². The number of hydrogen-bond acceptors (Lipinski definition) is 3. The number of aromatic amines is 1. The Bertz CT molecular complexity index is 669. The van der Waals surface area contributed by atoms with Crippen LogP contribution in [0.2, 0.25) is 0 Å². The van der Waals surface area contributed by atoms with Gasteiger partial charge in [0, 0.05) is 34.7 Å². The van der Waals surface area contributed by atoms with Crippen molar-refractivity contribution >= 4 is 22.2 Å². The molecular formula is C15H17N3S. The molecule has 0 saturated heterocycles. The highest BCUT2D eigenvalue weighted by molar-refractivity contribution is 7.09. The zero-order chi connectivity index (χ0) is 13.1. The highest BCUT2D eigenvalue weighted by atomic mass is 32.1. The van der Waals surface area contributed by atoms with Gasteiger partial charge in [0.1, 0.15) is 5.01 Å². The molecule has 0 atom stereocenters. The van der Waals surface area contributed by atoms with Crippen LogP contribution in [0.4, 0.5) is 0 Å². The van der Waals surface area contributed by atoms with E-state index in [1.165, 1.54) is 16.5 Å². The topological polar surface area (TPSA) is 40.7 Å². The summed E-state index contributed by atoms with van der Waals surface area (Å²) in [5.74, 6) is 0. The number of para-hydroxylation sites is 1. The van der Waals surface area contributed by atoms with Crippen molar-refractivity contribution in [3.8, 4) is 0 Å². The van der Waals surface area contributed by atoms with E-state index < -0.39 is 0 Å². The van der Waals surface area contributed by atoms with Gasteiger partial charge in [0.2, 0.25) is 0 Å². The summed E-state index contributed by atoms with van der Waals surface area (Å²) in [6.07, 6.45) is 3.15. The number of aromatic nitrogens is 2. The fraction of sp³-hybridized carbons (Fsp3) is 0.267. The monoisotopic (exact) mass is 271 g/mol. The van der Waals surface area contributed by atoms with Gasteiger partial charge in [-0.05, 0) is 31.5 Å².